The maximum Gasteiger partial charge on any atom is 0.338 e. The lowest BCUT2D eigenvalue weighted by atomic mass is 9.99. The molecule has 0 amide bonds. The highest BCUT2D eigenvalue weighted by molar-refractivity contribution is 6.74. The van der Waals surface area contributed by atoms with Crippen LogP contribution in [0.1, 0.15) is 53.7 Å². The molecule has 3 heterocycles. The van der Waals surface area contributed by atoms with E-state index in [-0.39, 0.29) is 28.7 Å². The molecule has 2 aliphatic heterocycles. The van der Waals surface area contributed by atoms with Crippen molar-refractivity contribution in [3.63, 3.8) is 0 Å². The molecular weight excluding hydrogens is 496 g/mol. The Balaban J connectivity index is 2.11. The van der Waals surface area contributed by atoms with Gasteiger partial charge in [0, 0.05) is 12.5 Å². The molecule has 3 atom stereocenters. The first-order valence-electron chi connectivity index (χ1n) is 12.4. The van der Waals surface area contributed by atoms with Crippen LogP contribution in [-0.2, 0) is 28.8 Å². The van der Waals surface area contributed by atoms with Crippen molar-refractivity contribution in [1.82, 2.24) is 9.55 Å². The van der Waals surface area contributed by atoms with E-state index >= 15 is 0 Å². The Morgan fingerprint density at radius 1 is 1.11 bits per heavy atom. The molecule has 9 nitrogen and oxygen atoms in total. The van der Waals surface area contributed by atoms with E-state index < -0.39 is 51.8 Å². The zero-order valence-corrected chi connectivity index (χ0v) is 25.5. The predicted octanol–water partition coefficient (Wildman–Crippen LogP) is 3.96. The van der Waals surface area contributed by atoms with E-state index in [4.69, 9.17) is 18.3 Å². The number of aromatic nitrogens is 2. The lowest BCUT2D eigenvalue weighted by molar-refractivity contribution is -0.144. The highest BCUT2D eigenvalue weighted by Crippen LogP contribution is 2.49. The second-order valence-corrected chi connectivity index (χ2v) is 22.4. The number of hydrogen-bond acceptors (Lipinski definition) is 7. The maximum atomic E-state index is 13.0. The first kappa shape index (κ1) is 28.8. The molecule has 1 aromatic rings. The summed E-state index contributed by atoms with van der Waals surface area (Å²) in [4.78, 5) is 40.3. The number of carbonyl (C=O) groups is 1. The van der Waals surface area contributed by atoms with Crippen LogP contribution in [0, 0.1) is 0 Å². The molecule has 0 unspecified atom stereocenters. The normalized spacial score (nSPS) is 24.7. The summed E-state index contributed by atoms with van der Waals surface area (Å²) in [7, 11) is -3.12. The standard InChI is InChI=1S/C25H42N2O7Si2/c1-23(2,3)35(8,9)32-15-19-18(34-36(10,11)24(4,5)6)14-25(33-19)17(21(29)31-7)12-16-13-20(28)26-22(30)27(16)25/h12-13,18-19H,14-15H2,1-11H3,(H,26,28,30)/t18-,19-,25-/m1/s1. The van der Waals surface area contributed by atoms with Gasteiger partial charge >= 0.3 is 11.7 Å². The smallest absolute Gasteiger partial charge is 0.338 e. The van der Waals surface area contributed by atoms with Gasteiger partial charge in [-0.3, -0.25) is 14.3 Å². The zero-order valence-electron chi connectivity index (χ0n) is 23.5. The number of fused-ring (bicyclic) bond motifs is 2. The van der Waals surface area contributed by atoms with Gasteiger partial charge in [0.2, 0.25) is 0 Å². The van der Waals surface area contributed by atoms with Gasteiger partial charge in [0.1, 0.15) is 6.10 Å². The van der Waals surface area contributed by atoms with Gasteiger partial charge in [-0.05, 0) is 42.3 Å². The van der Waals surface area contributed by atoms with Crippen molar-refractivity contribution in [2.24, 2.45) is 0 Å². The molecule has 3 rings (SSSR count). The number of hydrogen-bond donors (Lipinski definition) is 1. The summed E-state index contributed by atoms with van der Waals surface area (Å²) in [5, 5.41) is -0.0726. The lowest BCUT2D eigenvalue weighted by Gasteiger charge is -2.40. The van der Waals surface area contributed by atoms with Gasteiger partial charge in [0.25, 0.3) is 5.56 Å². The van der Waals surface area contributed by atoms with Crippen LogP contribution >= 0.6 is 0 Å². The Hall–Kier alpha value is -1.80. The average Bonchev–Trinajstić information content (AvgIpc) is 3.21. The van der Waals surface area contributed by atoms with Gasteiger partial charge < -0.3 is 18.3 Å². The van der Waals surface area contributed by atoms with Crippen molar-refractivity contribution in [3.05, 3.63) is 38.2 Å². The number of rotatable bonds is 6. The number of aromatic amines is 1. The van der Waals surface area contributed by atoms with Crippen molar-refractivity contribution in [1.29, 1.82) is 0 Å². The molecule has 0 bridgehead atoms. The molecule has 1 fully saturated rings. The summed E-state index contributed by atoms with van der Waals surface area (Å²) in [6.07, 6.45) is 0.744. The third-order valence-electron chi connectivity index (χ3n) is 8.36. The lowest BCUT2D eigenvalue weighted by Crippen LogP contribution is -2.48. The van der Waals surface area contributed by atoms with Gasteiger partial charge in [0.15, 0.2) is 22.4 Å². The van der Waals surface area contributed by atoms with Gasteiger partial charge in [-0.25, -0.2) is 9.59 Å². The Morgan fingerprint density at radius 3 is 2.22 bits per heavy atom. The summed E-state index contributed by atoms with van der Waals surface area (Å²) in [5.41, 5.74) is -2.20. The molecule has 0 aliphatic carbocycles. The Labute approximate surface area is 215 Å². The minimum absolute atomic E-state index is 0.00740. The van der Waals surface area contributed by atoms with Crippen LogP contribution in [-0.4, -0.2) is 58.1 Å². The Kier molecular flexibility index (Phi) is 7.35. The summed E-state index contributed by atoms with van der Waals surface area (Å²) in [5.74, 6) is -0.623. The van der Waals surface area contributed by atoms with E-state index in [1.165, 1.54) is 23.8 Å². The highest BCUT2D eigenvalue weighted by atomic mass is 28.4. The van der Waals surface area contributed by atoms with E-state index in [0.717, 1.165) is 0 Å². The first-order valence-corrected chi connectivity index (χ1v) is 18.2. The van der Waals surface area contributed by atoms with E-state index in [1.54, 1.807) is 0 Å². The quantitative estimate of drug-likeness (QED) is 0.431. The van der Waals surface area contributed by atoms with Crippen molar-refractivity contribution in [2.75, 3.05) is 13.7 Å². The third kappa shape index (κ3) is 5.00. The summed E-state index contributed by atoms with van der Waals surface area (Å²) in [6.45, 7) is 21.9. The molecule has 36 heavy (non-hydrogen) atoms. The Bertz CT molecular complexity index is 1170. The molecule has 1 aromatic heterocycles. The third-order valence-corrected chi connectivity index (χ3v) is 17.4. The second kappa shape index (κ2) is 9.19. The van der Waals surface area contributed by atoms with E-state index in [0.29, 0.717) is 5.69 Å². The van der Waals surface area contributed by atoms with E-state index in [9.17, 15) is 14.4 Å². The van der Waals surface area contributed by atoms with Crippen LogP contribution in [0.3, 0.4) is 0 Å². The number of H-pyrrole nitrogens is 1. The summed E-state index contributed by atoms with van der Waals surface area (Å²) in [6, 6.07) is 1.28. The number of nitrogens with one attached hydrogen (secondary N) is 1. The molecular formula is C25H42N2O7Si2. The molecule has 2 aliphatic rings. The van der Waals surface area contributed by atoms with Gasteiger partial charge in [-0.15, -0.1) is 0 Å². The van der Waals surface area contributed by atoms with Gasteiger partial charge in [0.05, 0.1) is 31.1 Å². The fourth-order valence-electron chi connectivity index (χ4n) is 4.12. The van der Waals surface area contributed by atoms with Crippen LogP contribution in [0.25, 0.3) is 6.08 Å². The van der Waals surface area contributed by atoms with Crippen LogP contribution in [0.2, 0.25) is 36.3 Å². The monoisotopic (exact) mass is 538 g/mol. The molecule has 202 valence electrons. The summed E-state index contributed by atoms with van der Waals surface area (Å²) >= 11 is 0. The molecule has 0 aromatic carbocycles. The molecule has 0 radical (unpaired) electrons. The topological polar surface area (TPSA) is 109 Å². The van der Waals surface area contributed by atoms with Crippen LogP contribution in [0.5, 0.6) is 0 Å². The van der Waals surface area contributed by atoms with Crippen LogP contribution < -0.4 is 11.2 Å². The van der Waals surface area contributed by atoms with Crippen molar-refractivity contribution in [3.8, 4) is 0 Å². The van der Waals surface area contributed by atoms with Gasteiger partial charge in [-0.1, -0.05) is 41.5 Å². The molecule has 11 heteroatoms. The average molecular weight is 539 g/mol. The first-order chi connectivity index (χ1) is 16.3. The number of methoxy groups -OCH3 is 1. The van der Waals surface area contributed by atoms with Gasteiger partial charge in [-0.2, -0.15) is 0 Å². The number of esters is 1. The SMILES string of the molecule is COC(=O)C1=Cc2cc(=O)[nH]c(=O)n2[C@@]12C[C@@H](O[Si](C)(C)C(C)(C)C)[C@@H](CO[Si](C)(C)C(C)(C)C)O2. The Morgan fingerprint density at radius 2 is 1.69 bits per heavy atom. The minimum Gasteiger partial charge on any atom is -0.466 e. The molecule has 1 N–H and O–H groups in total. The molecule has 1 saturated heterocycles. The number of carbonyl (C=O) groups excluding carboxylic acids is 1. The van der Waals surface area contributed by atoms with E-state index in [1.807, 2.05) is 0 Å². The van der Waals surface area contributed by atoms with Crippen molar-refractivity contribution in [2.45, 2.75) is 102 Å². The maximum absolute atomic E-state index is 13.0. The van der Waals surface area contributed by atoms with Crippen LogP contribution in [0.4, 0.5) is 0 Å². The fraction of sp³-hybridized carbons (Fsp3) is 0.720. The van der Waals surface area contributed by atoms with E-state index in [2.05, 4.69) is 72.7 Å². The van der Waals surface area contributed by atoms with Crippen molar-refractivity contribution < 1.29 is 23.1 Å². The number of ether oxygens (including phenoxy) is 2. The number of nitrogens with zero attached hydrogens (tertiary/aromatic N) is 1. The van der Waals surface area contributed by atoms with Crippen molar-refractivity contribution >= 4 is 28.7 Å². The predicted molar refractivity (Wildman–Crippen MR) is 144 cm³/mol. The second-order valence-electron chi connectivity index (χ2n) is 12.9. The largest absolute Gasteiger partial charge is 0.466 e. The molecule has 1 spiro atoms. The molecule has 0 saturated carbocycles. The fourth-order valence-corrected chi connectivity index (χ4v) is 6.48. The zero-order chi connectivity index (χ0) is 27.5. The highest BCUT2D eigenvalue weighted by Gasteiger charge is 2.58. The minimum atomic E-state index is -2.27. The summed E-state index contributed by atoms with van der Waals surface area (Å²) < 4.78 is 26.4. The van der Waals surface area contributed by atoms with Crippen LogP contribution in [0.15, 0.2) is 21.2 Å².